The Balaban J connectivity index is 2.89. The zero-order valence-corrected chi connectivity index (χ0v) is 19.4. The molecule has 0 aliphatic rings. The summed E-state index contributed by atoms with van der Waals surface area (Å²) in [5.41, 5.74) is 0.701. The number of nitrogens with zero attached hydrogens (tertiary/aromatic N) is 1. The first-order chi connectivity index (χ1) is 14.0. The molecule has 1 rings (SSSR count). The normalized spacial score (nSPS) is 12.4. The van der Waals surface area contributed by atoms with Crippen LogP contribution in [0.2, 0.25) is 0 Å². The van der Waals surface area contributed by atoms with Crippen LogP contribution in [0.5, 0.6) is 0 Å². The van der Waals surface area contributed by atoms with Gasteiger partial charge in [0.15, 0.2) is 0 Å². The SMILES string of the molecule is C=C(CCCCCCCCC)/C(=C/C=C/N(CC)CC)S(=O)(=O)c1ccccc1. The third-order valence-corrected chi connectivity index (χ3v) is 7.03. The largest absolute Gasteiger partial charge is 0.378 e. The lowest BCUT2D eigenvalue weighted by atomic mass is 10.1. The first-order valence-electron chi connectivity index (χ1n) is 11.1. The molecule has 0 aliphatic carbocycles. The van der Waals surface area contributed by atoms with Crippen molar-refractivity contribution in [3.8, 4) is 0 Å². The monoisotopic (exact) mass is 417 g/mol. The van der Waals surface area contributed by atoms with E-state index in [-0.39, 0.29) is 0 Å². The smallest absolute Gasteiger partial charge is 0.206 e. The summed E-state index contributed by atoms with van der Waals surface area (Å²) in [5, 5.41) is 0. The highest BCUT2D eigenvalue weighted by molar-refractivity contribution is 7.95. The van der Waals surface area contributed by atoms with E-state index in [4.69, 9.17) is 0 Å². The van der Waals surface area contributed by atoms with Crippen LogP contribution in [0.3, 0.4) is 0 Å². The van der Waals surface area contributed by atoms with Crippen LogP contribution < -0.4 is 0 Å². The lowest BCUT2D eigenvalue weighted by Crippen LogP contribution is -2.15. The zero-order valence-electron chi connectivity index (χ0n) is 18.6. The van der Waals surface area contributed by atoms with Crippen LogP contribution in [0, 0.1) is 0 Å². The Morgan fingerprint density at radius 2 is 1.52 bits per heavy atom. The van der Waals surface area contributed by atoms with Crippen LogP contribution in [0.25, 0.3) is 0 Å². The first kappa shape index (κ1) is 25.2. The Labute approximate surface area is 179 Å². The van der Waals surface area contributed by atoms with Gasteiger partial charge in [0.2, 0.25) is 9.84 Å². The third-order valence-electron chi connectivity index (χ3n) is 5.13. The Hall–Kier alpha value is -1.81. The number of rotatable bonds is 15. The van der Waals surface area contributed by atoms with Gasteiger partial charge in [0.1, 0.15) is 0 Å². The van der Waals surface area contributed by atoms with Crippen molar-refractivity contribution >= 4 is 9.84 Å². The van der Waals surface area contributed by atoms with Gasteiger partial charge in [-0.3, -0.25) is 0 Å². The summed E-state index contributed by atoms with van der Waals surface area (Å²) in [6.07, 6.45) is 14.6. The van der Waals surface area contributed by atoms with Crippen molar-refractivity contribution in [1.82, 2.24) is 4.90 Å². The highest BCUT2D eigenvalue weighted by Gasteiger charge is 2.22. The summed E-state index contributed by atoms with van der Waals surface area (Å²) in [5.74, 6) is 0. The van der Waals surface area contributed by atoms with Crippen molar-refractivity contribution in [3.63, 3.8) is 0 Å². The summed E-state index contributed by atoms with van der Waals surface area (Å²) in [6.45, 7) is 12.3. The van der Waals surface area contributed by atoms with Gasteiger partial charge in [0.05, 0.1) is 9.80 Å². The molecule has 0 atom stereocenters. The molecule has 3 nitrogen and oxygen atoms in total. The molecule has 0 saturated heterocycles. The third kappa shape index (κ3) is 9.03. The van der Waals surface area contributed by atoms with E-state index in [0.717, 1.165) is 25.9 Å². The second-order valence-corrected chi connectivity index (χ2v) is 9.30. The van der Waals surface area contributed by atoms with Crippen molar-refractivity contribution in [1.29, 1.82) is 0 Å². The van der Waals surface area contributed by atoms with Crippen LogP contribution in [-0.4, -0.2) is 26.4 Å². The number of unbranched alkanes of at least 4 members (excludes halogenated alkanes) is 6. The second-order valence-electron chi connectivity index (χ2n) is 7.39. The van der Waals surface area contributed by atoms with Crippen molar-refractivity contribution < 1.29 is 8.42 Å². The Kier molecular flexibility index (Phi) is 12.4. The van der Waals surface area contributed by atoms with Gasteiger partial charge in [0, 0.05) is 13.1 Å². The fourth-order valence-corrected chi connectivity index (χ4v) is 4.74. The number of allylic oxidation sites excluding steroid dienone is 3. The first-order valence-corrected chi connectivity index (χ1v) is 12.6. The maximum Gasteiger partial charge on any atom is 0.206 e. The molecule has 4 heteroatoms. The molecule has 29 heavy (non-hydrogen) atoms. The van der Waals surface area contributed by atoms with Gasteiger partial charge < -0.3 is 4.90 Å². The molecule has 0 radical (unpaired) electrons. The molecule has 162 valence electrons. The molecule has 0 unspecified atom stereocenters. The van der Waals surface area contributed by atoms with E-state index < -0.39 is 9.84 Å². The van der Waals surface area contributed by atoms with Gasteiger partial charge in [-0.15, -0.1) is 0 Å². The zero-order chi connectivity index (χ0) is 21.5. The molecular weight excluding hydrogens is 378 g/mol. The summed E-state index contributed by atoms with van der Waals surface area (Å²) >= 11 is 0. The fourth-order valence-electron chi connectivity index (χ4n) is 3.23. The van der Waals surface area contributed by atoms with E-state index in [1.54, 1.807) is 30.3 Å². The van der Waals surface area contributed by atoms with Gasteiger partial charge in [-0.1, -0.05) is 70.2 Å². The van der Waals surface area contributed by atoms with Crippen molar-refractivity contribution in [2.75, 3.05) is 13.1 Å². The van der Waals surface area contributed by atoms with E-state index in [1.165, 1.54) is 32.1 Å². The van der Waals surface area contributed by atoms with Crippen LogP contribution in [-0.2, 0) is 9.84 Å². The predicted molar refractivity (Wildman–Crippen MR) is 126 cm³/mol. The minimum Gasteiger partial charge on any atom is -0.378 e. The molecule has 1 aromatic rings. The standard InChI is InChI=1S/C25H39NO2S/c1-5-8-9-10-11-12-14-18-23(4)25(21-17-22-26(6-2)7-3)29(27,28)24-19-15-13-16-20-24/h13,15-17,19-22H,4-12,14,18H2,1-3H3/b22-17+,25-21-. The number of hydrogen-bond acceptors (Lipinski definition) is 3. The summed E-state index contributed by atoms with van der Waals surface area (Å²) < 4.78 is 26.4. The summed E-state index contributed by atoms with van der Waals surface area (Å²) in [4.78, 5) is 2.78. The average molecular weight is 418 g/mol. The highest BCUT2D eigenvalue weighted by Crippen LogP contribution is 2.27. The Bertz CT molecular complexity index is 744. The summed E-state index contributed by atoms with van der Waals surface area (Å²) in [7, 11) is -3.57. The van der Waals surface area contributed by atoms with Gasteiger partial charge in [-0.05, 0) is 62.7 Å². The van der Waals surface area contributed by atoms with E-state index >= 15 is 0 Å². The quantitative estimate of drug-likeness (QED) is 0.230. The molecule has 0 bridgehead atoms. The molecule has 0 aromatic heterocycles. The fraction of sp³-hybridized carbons (Fsp3) is 0.520. The van der Waals surface area contributed by atoms with Crippen molar-refractivity contribution in [3.05, 3.63) is 65.7 Å². The van der Waals surface area contributed by atoms with Crippen LogP contribution >= 0.6 is 0 Å². The Morgan fingerprint density at radius 1 is 0.931 bits per heavy atom. The Morgan fingerprint density at radius 3 is 2.10 bits per heavy atom. The van der Waals surface area contributed by atoms with Gasteiger partial charge >= 0.3 is 0 Å². The number of benzene rings is 1. The van der Waals surface area contributed by atoms with Crippen molar-refractivity contribution in [2.24, 2.45) is 0 Å². The van der Waals surface area contributed by atoms with E-state index in [0.29, 0.717) is 21.8 Å². The van der Waals surface area contributed by atoms with E-state index in [1.807, 2.05) is 18.3 Å². The van der Waals surface area contributed by atoms with Crippen molar-refractivity contribution in [2.45, 2.75) is 77.0 Å². The van der Waals surface area contributed by atoms with Crippen LogP contribution in [0.1, 0.15) is 72.1 Å². The minimum atomic E-state index is -3.57. The average Bonchev–Trinajstić information content (AvgIpc) is 2.73. The lowest BCUT2D eigenvalue weighted by molar-refractivity contribution is 0.419. The van der Waals surface area contributed by atoms with Gasteiger partial charge in [0.25, 0.3) is 0 Å². The minimum absolute atomic E-state index is 0.322. The van der Waals surface area contributed by atoms with E-state index in [9.17, 15) is 8.42 Å². The van der Waals surface area contributed by atoms with Gasteiger partial charge in [-0.25, -0.2) is 8.42 Å². The number of hydrogen-bond donors (Lipinski definition) is 0. The summed E-state index contributed by atoms with van der Waals surface area (Å²) in [6, 6.07) is 8.65. The molecule has 0 spiro atoms. The molecule has 0 N–H and O–H groups in total. The molecular formula is C25H39NO2S. The lowest BCUT2D eigenvalue weighted by Gasteiger charge is -2.15. The van der Waals surface area contributed by atoms with Crippen LogP contribution in [0.15, 0.2) is 70.6 Å². The predicted octanol–water partition coefficient (Wildman–Crippen LogP) is 6.90. The molecule has 0 heterocycles. The van der Waals surface area contributed by atoms with E-state index in [2.05, 4.69) is 32.3 Å². The topological polar surface area (TPSA) is 37.4 Å². The molecule has 0 fully saturated rings. The second kappa shape index (κ2) is 14.2. The van der Waals surface area contributed by atoms with Gasteiger partial charge in [-0.2, -0.15) is 0 Å². The molecule has 1 aromatic carbocycles. The maximum absolute atomic E-state index is 13.2. The van der Waals surface area contributed by atoms with Crippen LogP contribution in [0.4, 0.5) is 0 Å². The number of sulfone groups is 1. The highest BCUT2D eigenvalue weighted by atomic mass is 32.2. The molecule has 0 saturated carbocycles. The molecule has 0 aliphatic heterocycles. The molecule has 0 amide bonds. The maximum atomic E-state index is 13.2.